The van der Waals surface area contributed by atoms with Crippen molar-refractivity contribution in [1.82, 2.24) is 19.9 Å². The summed E-state index contributed by atoms with van der Waals surface area (Å²) in [5.74, 6) is 1.18. The fourth-order valence-corrected chi connectivity index (χ4v) is 5.42. The zero-order valence-electron chi connectivity index (χ0n) is 17.2. The number of piperidine rings is 1. The van der Waals surface area contributed by atoms with E-state index in [1.54, 1.807) is 12.4 Å². The van der Waals surface area contributed by atoms with Gasteiger partial charge < -0.3 is 21.1 Å². The molecule has 0 unspecified atom stereocenters. The van der Waals surface area contributed by atoms with Crippen molar-refractivity contribution in [3.8, 4) is 0 Å². The van der Waals surface area contributed by atoms with Crippen LogP contribution in [-0.2, 0) is 4.74 Å². The maximum atomic E-state index is 6.43. The number of hydrogen-bond acceptors (Lipinski definition) is 9. The standard InChI is InChI=1S/C21H24ClN7OS/c1-12-18(23)21(11-30-12)5-8-29(9-6-21)15-10-26-20-13(27-15)2-3-16(28-20)31-14-4-7-25-19(24)17(14)22/h2-4,7,10,12,18H,5-6,8-9,11,23H2,1H3,(H2,24,25)/t12-,18+/m0/s1. The third-order valence-electron chi connectivity index (χ3n) is 6.39. The van der Waals surface area contributed by atoms with Crippen LogP contribution in [0.5, 0.6) is 0 Å². The second-order valence-electron chi connectivity index (χ2n) is 8.22. The molecule has 0 aromatic carbocycles. The molecule has 2 aliphatic rings. The molecule has 162 valence electrons. The van der Waals surface area contributed by atoms with E-state index in [-0.39, 0.29) is 17.6 Å². The SMILES string of the molecule is C[C@@H]1OCC2(CCN(c3cnc4nc(Sc5ccnc(N)c5Cl)ccc4n3)CC2)[C@@H]1N. The highest BCUT2D eigenvalue weighted by molar-refractivity contribution is 7.99. The Labute approximate surface area is 189 Å². The molecule has 8 nitrogen and oxygen atoms in total. The molecule has 0 amide bonds. The maximum absolute atomic E-state index is 6.43. The normalized spacial score (nSPS) is 23.0. The first-order chi connectivity index (χ1) is 14.9. The van der Waals surface area contributed by atoms with Crippen LogP contribution in [0.25, 0.3) is 11.2 Å². The molecule has 0 aliphatic carbocycles. The summed E-state index contributed by atoms with van der Waals surface area (Å²) in [5, 5.41) is 1.20. The van der Waals surface area contributed by atoms with Crippen molar-refractivity contribution >= 4 is 46.2 Å². The molecular weight excluding hydrogens is 434 g/mol. The van der Waals surface area contributed by atoms with E-state index in [1.165, 1.54) is 11.8 Å². The van der Waals surface area contributed by atoms with Crippen molar-refractivity contribution in [2.24, 2.45) is 11.1 Å². The molecule has 31 heavy (non-hydrogen) atoms. The Morgan fingerprint density at radius 2 is 2.00 bits per heavy atom. The van der Waals surface area contributed by atoms with E-state index in [0.29, 0.717) is 16.5 Å². The Hall–Kier alpha value is -2.20. The lowest BCUT2D eigenvalue weighted by Crippen LogP contribution is -2.50. The number of hydrogen-bond donors (Lipinski definition) is 2. The summed E-state index contributed by atoms with van der Waals surface area (Å²) in [6.07, 6.45) is 5.56. The fourth-order valence-electron chi connectivity index (χ4n) is 4.37. The topological polar surface area (TPSA) is 116 Å². The molecular formula is C21H24ClN7OS. The van der Waals surface area contributed by atoms with Gasteiger partial charge in [0, 0.05) is 35.6 Å². The zero-order chi connectivity index (χ0) is 21.6. The predicted molar refractivity (Wildman–Crippen MR) is 122 cm³/mol. The third-order valence-corrected chi connectivity index (χ3v) is 7.90. The van der Waals surface area contributed by atoms with Gasteiger partial charge in [0.25, 0.3) is 0 Å². The molecule has 0 radical (unpaired) electrons. The largest absolute Gasteiger partial charge is 0.382 e. The number of rotatable bonds is 3. The van der Waals surface area contributed by atoms with Gasteiger partial charge in [0.2, 0.25) is 0 Å². The number of anilines is 2. The summed E-state index contributed by atoms with van der Waals surface area (Å²) in [6, 6.07) is 5.77. The van der Waals surface area contributed by atoms with Crippen molar-refractivity contribution in [2.75, 3.05) is 30.3 Å². The molecule has 4 N–H and O–H groups in total. The second kappa shape index (κ2) is 8.05. The van der Waals surface area contributed by atoms with E-state index in [1.807, 2.05) is 18.2 Å². The number of nitrogen functional groups attached to an aromatic ring is 1. The summed E-state index contributed by atoms with van der Waals surface area (Å²) >= 11 is 7.67. The van der Waals surface area contributed by atoms with Crippen molar-refractivity contribution in [1.29, 1.82) is 0 Å². The summed E-state index contributed by atoms with van der Waals surface area (Å²) in [6.45, 7) is 4.61. The van der Waals surface area contributed by atoms with E-state index < -0.39 is 0 Å². The van der Waals surface area contributed by atoms with Crippen molar-refractivity contribution in [2.45, 2.75) is 41.8 Å². The number of nitrogens with zero attached hydrogens (tertiary/aromatic N) is 5. The average molecular weight is 458 g/mol. The molecule has 3 aromatic heterocycles. The Balaban J connectivity index is 1.32. The molecule has 5 rings (SSSR count). The van der Waals surface area contributed by atoms with Gasteiger partial charge in [-0.25, -0.2) is 19.9 Å². The fraction of sp³-hybridized carbons (Fsp3) is 0.429. The first kappa shape index (κ1) is 20.7. The lowest BCUT2D eigenvalue weighted by molar-refractivity contribution is 0.0974. The Bertz CT molecular complexity index is 1120. The molecule has 3 aromatic rings. The van der Waals surface area contributed by atoms with E-state index in [4.69, 9.17) is 32.8 Å². The molecule has 2 aliphatic heterocycles. The van der Waals surface area contributed by atoms with Crippen molar-refractivity contribution in [3.63, 3.8) is 0 Å². The molecule has 10 heteroatoms. The van der Waals surface area contributed by atoms with E-state index in [0.717, 1.165) is 53.8 Å². The maximum Gasteiger partial charge on any atom is 0.179 e. The summed E-state index contributed by atoms with van der Waals surface area (Å²) in [4.78, 5) is 21.1. The van der Waals surface area contributed by atoms with Crippen LogP contribution in [-0.4, -0.2) is 51.8 Å². The molecule has 1 spiro atoms. The van der Waals surface area contributed by atoms with E-state index in [2.05, 4.69) is 26.8 Å². The highest BCUT2D eigenvalue weighted by atomic mass is 35.5. The van der Waals surface area contributed by atoms with Crippen molar-refractivity contribution < 1.29 is 4.74 Å². The van der Waals surface area contributed by atoms with Crippen LogP contribution in [0, 0.1) is 5.41 Å². The smallest absolute Gasteiger partial charge is 0.179 e. The molecule has 0 bridgehead atoms. The van der Waals surface area contributed by atoms with Gasteiger partial charge in [-0.15, -0.1) is 0 Å². The Morgan fingerprint density at radius 1 is 1.19 bits per heavy atom. The van der Waals surface area contributed by atoms with Gasteiger partial charge in [-0.2, -0.15) is 0 Å². The Kier molecular flexibility index (Phi) is 5.37. The highest BCUT2D eigenvalue weighted by Crippen LogP contribution is 2.42. The third kappa shape index (κ3) is 3.80. The molecule has 2 saturated heterocycles. The quantitative estimate of drug-likeness (QED) is 0.611. The van der Waals surface area contributed by atoms with Crippen LogP contribution in [0.15, 0.2) is 40.5 Å². The minimum atomic E-state index is 0.0888. The van der Waals surface area contributed by atoms with Crippen LogP contribution in [0.4, 0.5) is 11.6 Å². The number of ether oxygens (including phenoxy) is 1. The van der Waals surface area contributed by atoms with Crippen LogP contribution in [0.2, 0.25) is 5.02 Å². The van der Waals surface area contributed by atoms with Crippen LogP contribution < -0.4 is 16.4 Å². The number of aromatic nitrogens is 4. The molecule has 2 atom stereocenters. The van der Waals surface area contributed by atoms with Gasteiger partial charge in [0.05, 0.1) is 23.9 Å². The number of nitrogens with two attached hydrogens (primary N) is 2. The van der Waals surface area contributed by atoms with Gasteiger partial charge in [-0.1, -0.05) is 23.4 Å². The predicted octanol–water partition coefficient (Wildman–Crippen LogP) is 3.14. The number of fused-ring (bicyclic) bond motifs is 1. The first-order valence-electron chi connectivity index (χ1n) is 10.3. The zero-order valence-corrected chi connectivity index (χ0v) is 18.7. The second-order valence-corrected chi connectivity index (χ2v) is 9.66. The minimum absolute atomic E-state index is 0.0888. The molecule has 0 saturated carbocycles. The van der Waals surface area contributed by atoms with Crippen LogP contribution >= 0.6 is 23.4 Å². The first-order valence-corrected chi connectivity index (χ1v) is 11.5. The van der Waals surface area contributed by atoms with Crippen molar-refractivity contribution in [3.05, 3.63) is 35.6 Å². The van der Waals surface area contributed by atoms with Gasteiger partial charge in [-0.05, 0) is 38.0 Å². The highest BCUT2D eigenvalue weighted by Gasteiger charge is 2.47. The van der Waals surface area contributed by atoms with Crippen LogP contribution in [0.1, 0.15) is 19.8 Å². The number of pyridine rings is 2. The molecule has 2 fully saturated rings. The summed E-state index contributed by atoms with van der Waals surface area (Å²) in [5.41, 5.74) is 13.7. The average Bonchev–Trinajstić information content (AvgIpc) is 3.06. The summed E-state index contributed by atoms with van der Waals surface area (Å²) < 4.78 is 5.82. The summed E-state index contributed by atoms with van der Waals surface area (Å²) in [7, 11) is 0. The molecule has 5 heterocycles. The lowest BCUT2D eigenvalue weighted by Gasteiger charge is -2.41. The Morgan fingerprint density at radius 3 is 2.74 bits per heavy atom. The van der Waals surface area contributed by atoms with Gasteiger partial charge in [0.1, 0.15) is 22.2 Å². The number of halogens is 1. The monoisotopic (exact) mass is 457 g/mol. The van der Waals surface area contributed by atoms with Gasteiger partial charge >= 0.3 is 0 Å². The van der Waals surface area contributed by atoms with E-state index >= 15 is 0 Å². The van der Waals surface area contributed by atoms with Gasteiger partial charge in [-0.3, -0.25) is 0 Å². The minimum Gasteiger partial charge on any atom is -0.382 e. The van der Waals surface area contributed by atoms with E-state index in [9.17, 15) is 0 Å². The lowest BCUT2D eigenvalue weighted by atomic mass is 9.73. The van der Waals surface area contributed by atoms with Gasteiger partial charge in [0.15, 0.2) is 5.65 Å². The van der Waals surface area contributed by atoms with Crippen LogP contribution in [0.3, 0.4) is 0 Å².